The maximum Gasteiger partial charge on any atom is 0.223 e. The summed E-state index contributed by atoms with van der Waals surface area (Å²) in [4.78, 5) is 13.3. The molecule has 0 aliphatic carbocycles. The second kappa shape index (κ2) is 5.12. The van der Waals surface area contributed by atoms with Crippen molar-refractivity contribution < 1.29 is 4.79 Å². The Hall–Kier alpha value is -1.35. The normalized spacial score (nSPS) is 21.9. The van der Waals surface area contributed by atoms with Gasteiger partial charge < -0.3 is 10.2 Å². The zero-order valence-corrected chi connectivity index (χ0v) is 9.65. The van der Waals surface area contributed by atoms with Gasteiger partial charge in [0.25, 0.3) is 0 Å². The number of amides is 1. The molecule has 16 heavy (non-hydrogen) atoms. The smallest absolute Gasteiger partial charge is 0.223 e. The lowest BCUT2D eigenvalue weighted by molar-refractivity contribution is -0.129. The Kier molecular flexibility index (Phi) is 3.57. The summed E-state index contributed by atoms with van der Waals surface area (Å²) in [5.74, 6) is 0.239. The summed E-state index contributed by atoms with van der Waals surface area (Å²) in [7, 11) is 1.88. The molecule has 1 heterocycles. The second-order valence-corrected chi connectivity index (χ2v) is 4.37. The van der Waals surface area contributed by atoms with Gasteiger partial charge in [0.15, 0.2) is 0 Å². The molecule has 1 aliphatic heterocycles. The minimum Gasteiger partial charge on any atom is -0.344 e. The number of nitrogens with one attached hydrogen (secondary N) is 1. The molecule has 1 fully saturated rings. The van der Waals surface area contributed by atoms with Gasteiger partial charge in [-0.05, 0) is 12.0 Å². The molecule has 0 spiro atoms. The third kappa shape index (κ3) is 2.83. The van der Waals surface area contributed by atoms with E-state index >= 15 is 0 Å². The molecule has 3 heteroatoms. The molecule has 1 aromatic rings. The van der Waals surface area contributed by atoms with Crippen LogP contribution in [0.1, 0.15) is 12.0 Å². The second-order valence-electron chi connectivity index (χ2n) is 4.37. The van der Waals surface area contributed by atoms with Crippen LogP contribution in [0.15, 0.2) is 30.3 Å². The van der Waals surface area contributed by atoms with Crippen LogP contribution < -0.4 is 5.32 Å². The van der Waals surface area contributed by atoms with Crippen molar-refractivity contribution in [2.24, 2.45) is 0 Å². The van der Waals surface area contributed by atoms with Gasteiger partial charge in [-0.25, -0.2) is 0 Å². The van der Waals surface area contributed by atoms with Crippen molar-refractivity contribution in [2.75, 3.05) is 20.1 Å². The van der Waals surface area contributed by atoms with E-state index in [9.17, 15) is 4.79 Å². The molecule has 1 unspecified atom stereocenters. The number of likely N-dealkylation sites (N-methyl/N-ethyl adjacent to an activating group) is 1. The van der Waals surface area contributed by atoms with Gasteiger partial charge >= 0.3 is 0 Å². The predicted octanol–water partition coefficient (Wildman–Crippen LogP) is 1.05. The lowest BCUT2D eigenvalue weighted by atomic mass is 10.1. The number of hydrogen-bond donors (Lipinski definition) is 1. The van der Waals surface area contributed by atoms with E-state index in [1.54, 1.807) is 0 Å². The Morgan fingerprint density at radius 3 is 2.88 bits per heavy atom. The number of benzene rings is 1. The van der Waals surface area contributed by atoms with Crippen molar-refractivity contribution in [2.45, 2.75) is 18.9 Å². The highest BCUT2D eigenvalue weighted by Crippen LogP contribution is 2.07. The first-order chi connectivity index (χ1) is 7.75. The first kappa shape index (κ1) is 11.1. The molecule has 2 rings (SSSR count). The Bertz CT molecular complexity index is 350. The quantitative estimate of drug-likeness (QED) is 0.804. The maximum atomic E-state index is 11.5. The highest BCUT2D eigenvalue weighted by atomic mass is 16.2. The van der Waals surface area contributed by atoms with Crippen molar-refractivity contribution in [3.8, 4) is 0 Å². The average Bonchev–Trinajstić information content (AvgIpc) is 2.43. The Labute approximate surface area is 96.5 Å². The van der Waals surface area contributed by atoms with Gasteiger partial charge in [-0.1, -0.05) is 30.3 Å². The third-order valence-electron chi connectivity index (χ3n) is 3.02. The third-order valence-corrected chi connectivity index (χ3v) is 3.02. The van der Waals surface area contributed by atoms with Crippen LogP contribution >= 0.6 is 0 Å². The minimum atomic E-state index is 0.239. The molecule has 1 N–H and O–H groups in total. The zero-order chi connectivity index (χ0) is 11.4. The van der Waals surface area contributed by atoms with Crippen LogP contribution in [0.25, 0.3) is 0 Å². The first-order valence-corrected chi connectivity index (χ1v) is 5.77. The van der Waals surface area contributed by atoms with E-state index < -0.39 is 0 Å². The highest BCUT2D eigenvalue weighted by Gasteiger charge is 2.19. The predicted molar refractivity (Wildman–Crippen MR) is 64.2 cm³/mol. The molecule has 3 nitrogen and oxygen atoms in total. The van der Waals surface area contributed by atoms with Crippen molar-refractivity contribution >= 4 is 5.91 Å². The summed E-state index contributed by atoms with van der Waals surface area (Å²) in [6, 6.07) is 10.8. The molecule has 1 amide bonds. The van der Waals surface area contributed by atoms with Crippen LogP contribution in [0.2, 0.25) is 0 Å². The van der Waals surface area contributed by atoms with Gasteiger partial charge in [-0.2, -0.15) is 0 Å². The standard InChI is InChI=1S/C13H18N2O/c1-15-10-12(14-8-7-13(15)16)9-11-5-3-2-4-6-11/h2-6,12,14H,7-10H2,1H3. The van der Waals surface area contributed by atoms with E-state index in [2.05, 4.69) is 29.6 Å². The summed E-state index contributed by atoms with van der Waals surface area (Å²) in [6.07, 6.45) is 1.60. The molecule has 1 atom stereocenters. The largest absolute Gasteiger partial charge is 0.344 e. The van der Waals surface area contributed by atoms with Gasteiger partial charge in [-0.3, -0.25) is 4.79 Å². The van der Waals surface area contributed by atoms with Gasteiger partial charge in [0.05, 0.1) is 0 Å². The SMILES string of the molecule is CN1CC(Cc2ccccc2)NCCC1=O. The van der Waals surface area contributed by atoms with E-state index in [-0.39, 0.29) is 5.91 Å². The molecule has 0 radical (unpaired) electrons. The number of nitrogens with zero attached hydrogens (tertiary/aromatic N) is 1. The van der Waals surface area contributed by atoms with Crippen molar-refractivity contribution in [1.82, 2.24) is 10.2 Å². The molecule has 86 valence electrons. The van der Waals surface area contributed by atoms with Crippen LogP contribution in [0, 0.1) is 0 Å². The van der Waals surface area contributed by atoms with Crippen molar-refractivity contribution in [3.05, 3.63) is 35.9 Å². The number of hydrogen-bond acceptors (Lipinski definition) is 2. The van der Waals surface area contributed by atoms with Crippen LogP contribution in [0.4, 0.5) is 0 Å². The fourth-order valence-corrected chi connectivity index (χ4v) is 2.11. The molecule has 0 saturated carbocycles. The summed E-state index contributed by atoms with van der Waals surface area (Å²) < 4.78 is 0. The van der Waals surface area contributed by atoms with E-state index in [1.165, 1.54) is 5.56 Å². The molecule has 1 aromatic carbocycles. The minimum absolute atomic E-state index is 0.239. The Balaban J connectivity index is 1.97. The maximum absolute atomic E-state index is 11.5. The van der Waals surface area contributed by atoms with E-state index in [1.807, 2.05) is 18.0 Å². The number of carbonyl (C=O) groups is 1. The monoisotopic (exact) mass is 218 g/mol. The Morgan fingerprint density at radius 1 is 1.38 bits per heavy atom. The average molecular weight is 218 g/mol. The molecule has 1 aliphatic rings. The van der Waals surface area contributed by atoms with Gasteiger partial charge in [0, 0.05) is 32.6 Å². The Morgan fingerprint density at radius 2 is 2.12 bits per heavy atom. The summed E-state index contributed by atoms with van der Waals surface area (Å²) in [5.41, 5.74) is 1.32. The highest BCUT2D eigenvalue weighted by molar-refractivity contribution is 5.76. The van der Waals surface area contributed by atoms with Crippen LogP contribution in [-0.4, -0.2) is 37.0 Å². The number of rotatable bonds is 2. The lowest BCUT2D eigenvalue weighted by Gasteiger charge is -2.20. The summed E-state index contributed by atoms with van der Waals surface area (Å²) in [5, 5.41) is 3.43. The number of carbonyl (C=O) groups excluding carboxylic acids is 1. The van der Waals surface area contributed by atoms with Gasteiger partial charge in [0.2, 0.25) is 5.91 Å². The first-order valence-electron chi connectivity index (χ1n) is 5.77. The van der Waals surface area contributed by atoms with E-state index in [0.717, 1.165) is 19.5 Å². The van der Waals surface area contributed by atoms with Crippen molar-refractivity contribution in [1.29, 1.82) is 0 Å². The van der Waals surface area contributed by atoms with E-state index in [0.29, 0.717) is 12.5 Å². The summed E-state index contributed by atoms with van der Waals surface area (Å²) >= 11 is 0. The van der Waals surface area contributed by atoms with Gasteiger partial charge in [0.1, 0.15) is 0 Å². The van der Waals surface area contributed by atoms with Crippen molar-refractivity contribution in [3.63, 3.8) is 0 Å². The molecular weight excluding hydrogens is 200 g/mol. The van der Waals surface area contributed by atoms with Gasteiger partial charge in [-0.15, -0.1) is 0 Å². The molecule has 0 bridgehead atoms. The van der Waals surface area contributed by atoms with Crippen LogP contribution in [0.5, 0.6) is 0 Å². The fraction of sp³-hybridized carbons (Fsp3) is 0.462. The topological polar surface area (TPSA) is 32.3 Å². The van der Waals surface area contributed by atoms with E-state index in [4.69, 9.17) is 0 Å². The van der Waals surface area contributed by atoms with Crippen LogP contribution in [0.3, 0.4) is 0 Å². The lowest BCUT2D eigenvalue weighted by Crippen LogP contribution is -2.38. The van der Waals surface area contributed by atoms with Crippen LogP contribution in [-0.2, 0) is 11.2 Å². The zero-order valence-electron chi connectivity index (χ0n) is 9.65. The fourth-order valence-electron chi connectivity index (χ4n) is 2.11. The molecule has 1 saturated heterocycles. The molecular formula is C13H18N2O. The molecule has 0 aromatic heterocycles. The summed E-state index contributed by atoms with van der Waals surface area (Å²) in [6.45, 7) is 1.59.